The first kappa shape index (κ1) is 12.2. The van der Waals surface area contributed by atoms with E-state index in [-0.39, 0.29) is 5.69 Å². The summed E-state index contributed by atoms with van der Waals surface area (Å²) in [7, 11) is 1.70. The highest BCUT2D eigenvalue weighted by molar-refractivity contribution is 5.91. The molecule has 0 bridgehead atoms. The number of nitrogens with one attached hydrogen (secondary N) is 1. The van der Waals surface area contributed by atoms with Gasteiger partial charge in [0.15, 0.2) is 5.69 Å². The van der Waals surface area contributed by atoms with Crippen molar-refractivity contribution >= 4 is 11.7 Å². The standard InChI is InChI=1S/C13H15N3O2/c1-9-3-5-10(6-4-9)7-14-11-8-16(2)15-12(11)13(17)18/h3-6,8,14H,7H2,1-2H3,(H,17,18). The molecular weight excluding hydrogens is 230 g/mol. The summed E-state index contributed by atoms with van der Waals surface area (Å²) < 4.78 is 1.49. The van der Waals surface area contributed by atoms with Gasteiger partial charge in [-0.05, 0) is 12.5 Å². The lowest BCUT2D eigenvalue weighted by molar-refractivity contribution is 0.0690. The minimum atomic E-state index is -1.03. The van der Waals surface area contributed by atoms with Gasteiger partial charge in [-0.1, -0.05) is 29.8 Å². The summed E-state index contributed by atoms with van der Waals surface area (Å²) in [5.74, 6) is -1.03. The fourth-order valence-corrected chi connectivity index (χ4v) is 1.68. The number of benzene rings is 1. The number of nitrogens with zero attached hydrogens (tertiary/aromatic N) is 2. The molecule has 0 aliphatic carbocycles. The number of rotatable bonds is 4. The van der Waals surface area contributed by atoms with Crippen molar-refractivity contribution in [3.63, 3.8) is 0 Å². The van der Waals surface area contributed by atoms with Crippen LogP contribution in [0.3, 0.4) is 0 Å². The summed E-state index contributed by atoms with van der Waals surface area (Å²) in [6.07, 6.45) is 1.66. The highest BCUT2D eigenvalue weighted by atomic mass is 16.4. The van der Waals surface area contributed by atoms with E-state index in [2.05, 4.69) is 10.4 Å². The summed E-state index contributed by atoms with van der Waals surface area (Å²) >= 11 is 0. The average Bonchev–Trinajstić information content (AvgIpc) is 2.70. The Hall–Kier alpha value is -2.30. The van der Waals surface area contributed by atoms with Crippen LogP contribution in [0.15, 0.2) is 30.5 Å². The maximum atomic E-state index is 11.0. The van der Waals surface area contributed by atoms with Gasteiger partial charge in [0.05, 0.1) is 5.69 Å². The van der Waals surface area contributed by atoms with E-state index < -0.39 is 5.97 Å². The Labute approximate surface area is 105 Å². The summed E-state index contributed by atoms with van der Waals surface area (Å²) in [6, 6.07) is 8.08. The van der Waals surface area contributed by atoms with Crippen LogP contribution < -0.4 is 5.32 Å². The van der Waals surface area contributed by atoms with Crippen LogP contribution in [-0.4, -0.2) is 20.9 Å². The van der Waals surface area contributed by atoms with Gasteiger partial charge in [0.2, 0.25) is 0 Å². The fraction of sp³-hybridized carbons (Fsp3) is 0.231. The van der Waals surface area contributed by atoms with Crippen molar-refractivity contribution in [1.82, 2.24) is 9.78 Å². The molecule has 0 radical (unpaired) electrons. The van der Waals surface area contributed by atoms with Gasteiger partial charge in [-0.25, -0.2) is 4.79 Å². The second-order valence-corrected chi connectivity index (χ2v) is 4.21. The number of carboxylic acids is 1. The van der Waals surface area contributed by atoms with E-state index in [1.54, 1.807) is 13.2 Å². The molecule has 0 atom stereocenters. The number of aryl methyl sites for hydroxylation is 2. The Morgan fingerprint density at radius 1 is 1.39 bits per heavy atom. The fourth-order valence-electron chi connectivity index (χ4n) is 1.68. The van der Waals surface area contributed by atoms with Crippen molar-refractivity contribution in [3.05, 3.63) is 47.3 Å². The summed E-state index contributed by atoms with van der Waals surface area (Å²) in [5, 5.41) is 16.0. The molecule has 0 spiro atoms. The summed E-state index contributed by atoms with van der Waals surface area (Å²) in [4.78, 5) is 11.0. The molecule has 1 aromatic heterocycles. The van der Waals surface area contributed by atoms with Crippen molar-refractivity contribution in [1.29, 1.82) is 0 Å². The van der Waals surface area contributed by atoms with Crippen molar-refractivity contribution in [2.45, 2.75) is 13.5 Å². The molecule has 1 aromatic carbocycles. The number of aromatic carboxylic acids is 1. The highest BCUT2D eigenvalue weighted by Gasteiger charge is 2.14. The largest absolute Gasteiger partial charge is 0.476 e. The molecule has 0 aliphatic heterocycles. The van der Waals surface area contributed by atoms with Crippen LogP contribution in [0, 0.1) is 6.92 Å². The molecular formula is C13H15N3O2. The SMILES string of the molecule is Cc1ccc(CNc2cn(C)nc2C(=O)O)cc1. The number of aromatic nitrogens is 2. The van der Waals surface area contributed by atoms with Crippen LogP contribution in [0.4, 0.5) is 5.69 Å². The molecule has 1 heterocycles. The molecule has 2 rings (SSSR count). The van der Waals surface area contributed by atoms with Crippen molar-refractivity contribution in [2.24, 2.45) is 7.05 Å². The third kappa shape index (κ3) is 2.68. The van der Waals surface area contributed by atoms with E-state index in [4.69, 9.17) is 5.11 Å². The third-order valence-corrected chi connectivity index (χ3v) is 2.63. The van der Waals surface area contributed by atoms with E-state index in [0.29, 0.717) is 12.2 Å². The molecule has 0 saturated carbocycles. The lowest BCUT2D eigenvalue weighted by atomic mass is 10.1. The van der Waals surface area contributed by atoms with Gasteiger partial charge in [-0.15, -0.1) is 0 Å². The van der Waals surface area contributed by atoms with Gasteiger partial charge in [-0.3, -0.25) is 4.68 Å². The predicted molar refractivity (Wildman–Crippen MR) is 68.7 cm³/mol. The van der Waals surface area contributed by atoms with Gasteiger partial charge in [0, 0.05) is 19.8 Å². The average molecular weight is 245 g/mol. The molecule has 0 fully saturated rings. The van der Waals surface area contributed by atoms with Gasteiger partial charge in [0.25, 0.3) is 0 Å². The second kappa shape index (κ2) is 4.91. The van der Waals surface area contributed by atoms with Crippen molar-refractivity contribution in [3.8, 4) is 0 Å². The van der Waals surface area contributed by atoms with Crippen LogP contribution in [0.25, 0.3) is 0 Å². The molecule has 0 saturated heterocycles. The Kier molecular flexibility index (Phi) is 3.32. The zero-order valence-electron chi connectivity index (χ0n) is 10.3. The highest BCUT2D eigenvalue weighted by Crippen LogP contribution is 2.14. The lowest BCUT2D eigenvalue weighted by Gasteiger charge is -2.05. The van der Waals surface area contributed by atoms with Crippen molar-refractivity contribution < 1.29 is 9.90 Å². The first-order chi connectivity index (χ1) is 8.56. The number of carboxylic acid groups (broad SMARTS) is 1. The van der Waals surface area contributed by atoms with Crippen LogP contribution in [0.5, 0.6) is 0 Å². The number of hydrogen-bond donors (Lipinski definition) is 2. The van der Waals surface area contributed by atoms with Crippen molar-refractivity contribution in [2.75, 3.05) is 5.32 Å². The Morgan fingerprint density at radius 2 is 2.06 bits per heavy atom. The van der Waals surface area contributed by atoms with Crippen LogP contribution in [0.2, 0.25) is 0 Å². The topological polar surface area (TPSA) is 67.2 Å². The number of anilines is 1. The van der Waals surface area contributed by atoms with Gasteiger partial charge in [0.1, 0.15) is 0 Å². The van der Waals surface area contributed by atoms with E-state index in [1.807, 2.05) is 31.2 Å². The third-order valence-electron chi connectivity index (χ3n) is 2.63. The molecule has 2 N–H and O–H groups in total. The smallest absolute Gasteiger partial charge is 0.358 e. The summed E-state index contributed by atoms with van der Waals surface area (Å²) in [6.45, 7) is 2.60. The maximum Gasteiger partial charge on any atom is 0.358 e. The maximum absolute atomic E-state index is 11.0. The molecule has 18 heavy (non-hydrogen) atoms. The van der Waals surface area contributed by atoms with Crippen LogP contribution in [-0.2, 0) is 13.6 Å². The molecule has 2 aromatic rings. The molecule has 0 amide bonds. The first-order valence-corrected chi connectivity index (χ1v) is 5.62. The first-order valence-electron chi connectivity index (χ1n) is 5.62. The second-order valence-electron chi connectivity index (χ2n) is 4.21. The van der Waals surface area contributed by atoms with Gasteiger partial charge < -0.3 is 10.4 Å². The zero-order valence-corrected chi connectivity index (χ0v) is 10.3. The quantitative estimate of drug-likeness (QED) is 0.865. The normalized spacial score (nSPS) is 10.3. The predicted octanol–water partition coefficient (Wildman–Crippen LogP) is 2.04. The van der Waals surface area contributed by atoms with E-state index in [1.165, 1.54) is 10.2 Å². The molecule has 0 aliphatic rings. The molecule has 0 unspecified atom stereocenters. The lowest BCUT2D eigenvalue weighted by Crippen LogP contribution is -2.05. The minimum Gasteiger partial charge on any atom is -0.476 e. The molecule has 5 heteroatoms. The Bertz CT molecular complexity index is 558. The van der Waals surface area contributed by atoms with E-state index >= 15 is 0 Å². The summed E-state index contributed by atoms with van der Waals surface area (Å²) in [5.41, 5.74) is 2.88. The van der Waals surface area contributed by atoms with Gasteiger partial charge >= 0.3 is 5.97 Å². The molecule has 5 nitrogen and oxygen atoms in total. The Morgan fingerprint density at radius 3 is 2.67 bits per heavy atom. The zero-order chi connectivity index (χ0) is 13.1. The van der Waals surface area contributed by atoms with E-state index in [0.717, 1.165) is 5.56 Å². The number of carbonyl (C=O) groups is 1. The number of hydrogen-bond acceptors (Lipinski definition) is 3. The van der Waals surface area contributed by atoms with Gasteiger partial charge in [-0.2, -0.15) is 5.10 Å². The van der Waals surface area contributed by atoms with E-state index in [9.17, 15) is 4.79 Å². The van der Waals surface area contributed by atoms with Crippen LogP contribution >= 0.6 is 0 Å². The Balaban J connectivity index is 2.10. The van der Waals surface area contributed by atoms with Crippen LogP contribution in [0.1, 0.15) is 21.6 Å². The molecule has 94 valence electrons. The monoisotopic (exact) mass is 245 g/mol. The minimum absolute atomic E-state index is 0.0459.